The molecule has 26 heavy (non-hydrogen) atoms. The first-order chi connectivity index (χ1) is 12.0. The minimum absolute atomic E-state index is 0.0162. The second-order valence-corrected chi connectivity index (χ2v) is 8.22. The average molecular weight is 366 g/mol. The Hall–Kier alpha value is -1.73. The van der Waals surface area contributed by atoms with Crippen molar-refractivity contribution in [3.63, 3.8) is 0 Å². The molecule has 2 aliphatic carbocycles. The number of carbonyl (C=O) groups is 3. The summed E-state index contributed by atoms with van der Waals surface area (Å²) in [5.41, 5.74) is -3.11. The summed E-state index contributed by atoms with van der Waals surface area (Å²) >= 11 is 0. The predicted octanol–water partition coefficient (Wildman–Crippen LogP) is 0.763. The van der Waals surface area contributed by atoms with Gasteiger partial charge in [-0.15, -0.1) is 0 Å². The Balaban J connectivity index is 2.15. The number of esters is 2. The Labute approximate surface area is 152 Å². The van der Waals surface area contributed by atoms with E-state index < -0.39 is 47.2 Å². The summed E-state index contributed by atoms with van der Waals surface area (Å²) in [5, 5.41) is 21.0. The number of ether oxygens (including phenoxy) is 2. The number of hydrogen-bond donors (Lipinski definition) is 2. The van der Waals surface area contributed by atoms with Crippen molar-refractivity contribution in [3.05, 3.63) is 12.2 Å². The number of carbonyl (C=O) groups excluding carboxylic acids is 3. The molecule has 0 amide bonds. The van der Waals surface area contributed by atoms with Gasteiger partial charge in [-0.05, 0) is 38.2 Å². The zero-order valence-electron chi connectivity index (χ0n) is 15.5. The standard InChI is InChI=1S/C19H26O7/c1-9-7-13-15(19(24,8-10(2)20)17(23)26-13)16(25-11(3)21)18(4)12(9)5-6-14(18)22/h5-6,9-10,12-13,15-16,20,24H,7-8H2,1-4H3/t9-,10+,12+,13+,15-,16+,18+,19+/m1/s1. The van der Waals surface area contributed by atoms with Crippen LogP contribution in [0.15, 0.2) is 12.2 Å². The highest BCUT2D eigenvalue weighted by Crippen LogP contribution is 2.56. The van der Waals surface area contributed by atoms with Crippen LogP contribution in [0.1, 0.15) is 40.5 Å². The molecule has 0 radical (unpaired) electrons. The third-order valence-electron chi connectivity index (χ3n) is 6.28. The van der Waals surface area contributed by atoms with Gasteiger partial charge in [-0.25, -0.2) is 4.79 Å². The highest BCUT2D eigenvalue weighted by molar-refractivity contribution is 5.98. The fourth-order valence-electron chi connectivity index (χ4n) is 5.17. The lowest BCUT2D eigenvalue weighted by molar-refractivity contribution is -0.177. The maximum Gasteiger partial charge on any atom is 0.339 e. The second kappa shape index (κ2) is 6.16. The lowest BCUT2D eigenvalue weighted by Crippen LogP contribution is -2.57. The molecule has 1 saturated carbocycles. The summed E-state index contributed by atoms with van der Waals surface area (Å²) in [6, 6.07) is 0. The molecule has 7 heteroatoms. The van der Waals surface area contributed by atoms with Gasteiger partial charge in [0.2, 0.25) is 0 Å². The Kier molecular flexibility index (Phi) is 4.51. The molecule has 144 valence electrons. The number of rotatable bonds is 3. The minimum atomic E-state index is -2.01. The molecule has 0 unspecified atom stereocenters. The number of fused-ring (bicyclic) bond motifs is 2. The van der Waals surface area contributed by atoms with Gasteiger partial charge in [-0.3, -0.25) is 9.59 Å². The lowest BCUT2D eigenvalue weighted by atomic mass is 9.65. The summed E-state index contributed by atoms with van der Waals surface area (Å²) in [4.78, 5) is 37.1. The van der Waals surface area contributed by atoms with Gasteiger partial charge < -0.3 is 19.7 Å². The first-order valence-electron chi connectivity index (χ1n) is 9.03. The third kappa shape index (κ3) is 2.60. The van der Waals surface area contributed by atoms with Crippen molar-refractivity contribution in [1.29, 1.82) is 0 Å². The van der Waals surface area contributed by atoms with Crippen LogP contribution in [0.2, 0.25) is 0 Å². The van der Waals surface area contributed by atoms with Gasteiger partial charge in [0.25, 0.3) is 0 Å². The highest BCUT2D eigenvalue weighted by atomic mass is 16.6. The topological polar surface area (TPSA) is 110 Å². The first-order valence-corrected chi connectivity index (χ1v) is 9.03. The van der Waals surface area contributed by atoms with Crippen LogP contribution in [0.25, 0.3) is 0 Å². The van der Waals surface area contributed by atoms with E-state index in [1.807, 2.05) is 13.0 Å². The minimum Gasteiger partial charge on any atom is -0.461 e. The number of aliphatic hydroxyl groups is 2. The Morgan fingerprint density at radius 3 is 2.69 bits per heavy atom. The molecule has 0 spiro atoms. The van der Waals surface area contributed by atoms with E-state index in [1.54, 1.807) is 6.92 Å². The summed E-state index contributed by atoms with van der Waals surface area (Å²) in [5.74, 6) is -2.76. The third-order valence-corrected chi connectivity index (χ3v) is 6.28. The van der Waals surface area contributed by atoms with Crippen LogP contribution in [0, 0.1) is 23.2 Å². The van der Waals surface area contributed by atoms with E-state index in [2.05, 4.69) is 0 Å². The number of aliphatic hydroxyl groups excluding tert-OH is 1. The molecule has 3 rings (SSSR count). The Morgan fingerprint density at radius 2 is 2.12 bits per heavy atom. The van der Waals surface area contributed by atoms with Crippen LogP contribution in [-0.2, 0) is 23.9 Å². The second-order valence-electron chi connectivity index (χ2n) is 8.22. The van der Waals surface area contributed by atoms with Crippen LogP contribution in [0.5, 0.6) is 0 Å². The molecule has 2 N–H and O–H groups in total. The normalized spacial score (nSPS) is 45.5. The van der Waals surface area contributed by atoms with E-state index >= 15 is 0 Å². The highest BCUT2D eigenvalue weighted by Gasteiger charge is 2.68. The van der Waals surface area contributed by atoms with Gasteiger partial charge >= 0.3 is 11.9 Å². The van der Waals surface area contributed by atoms with Crippen molar-refractivity contribution in [2.75, 3.05) is 0 Å². The predicted molar refractivity (Wildman–Crippen MR) is 89.7 cm³/mol. The number of hydrogen-bond acceptors (Lipinski definition) is 7. The van der Waals surface area contributed by atoms with Crippen molar-refractivity contribution >= 4 is 17.7 Å². The van der Waals surface area contributed by atoms with Gasteiger partial charge in [0, 0.05) is 13.3 Å². The van der Waals surface area contributed by atoms with E-state index in [0.717, 1.165) is 0 Å². The molecule has 8 atom stereocenters. The lowest BCUT2D eigenvalue weighted by Gasteiger charge is -2.42. The van der Waals surface area contributed by atoms with E-state index in [4.69, 9.17) is 9.47 Å². The maximum atomic E-state index is 12.8. The van der Waals surface area contributed by atoms with Crippen molar-refractivity contribution in [1.82, 2.24) is 0 Å². The Bertz CT molecular complexity index is 669. The van der Waals surface area contributed by atoms with E-state index in [1.165, 1.54) is 19.9 Å². The van der Waals surface area contributed by atoms with Crippen LogP contribution >= 0.6 is 0 Å². The smallest absolute Gasteiger partial charge is 0.339 e. The van der Waals surface area contributed by atoms with E-state index in [0.29, 0.717) is 6.42 Å². The first kappa shape index (κ1) is 19.0. The zero-order chi connectivity index (χ0) is 19.4. The maximum absolute atomic E-state index is 12.8. The number of ketones is 1. The summed E-state index contributed by atoms with van der Waals surface area (Å²) < 4.78 is 11.0. The van der Waals surface area contributed by atoms with Crippen molar-refractivity contribution < 1.29 is 34.1 Å². The molecular formula is C19H26O7. The van der Waals surface area contributed by atoms with Gasteiger partial charge in [0.05, 0.1) is 17.4 Å². The molecule has 7 nitrogen and oxygen atoms in total. The van der Waals surface area contributed by atoms with Crippen LogP contribution in [-0.4, -0.2) is 51.8 Å². The molecule has 3 aliphatic rings. The molecule has 0 aromatic rings. The molecule has 1 saturated heterocycles. The number of allylic oxidation sites excluding steroid dienone is 2. The zero-order valence-corrected chi connectivity index (χ0v) is 15.5. The van der Waals surface area contributed by atoms with E-state index in [-0.39, 0.29) is 24.0 Å². The molecule has 1 aliphatic heterocycles. The SMILES string of the molecule is CC(=O)O[C@H]1[C@H]2[C@H](C[C@@H](C)[C@@H]3C=CC(=O)[C@]31C)OC(=O)[C@]2(O)C[C@H](C)O. The van der Waals surface area contributed by atoms with Gasteiger partial charge in [0.15, 0.2) is 11.4 Å². The van der Waals surface area contributed by atoms with Crippen LogP contribution in [0.4, 0.5) is 0 Å². The molecule has 0 bridgehead atoms. The summed E-state index contributed by atoms with van der Waals surface area (Å²) in [7, 11) is 0. The van der Waals surface area contributed by atoms with Crippen molar-refractivity contribution in [2.45, 2.75) is 64.4 Å². The largest absolute Gasteiger partial charge is 0.461 e. The summed E-state index contributed by atoms with van der Waals surface area (Å²) in [6.07, 6.45) is 0.817. The monoisotopic (exact) mass is 366 g/mol. The average Bonchev–Trinajstić information content (AvgIpc) is 2.89. The van der Waals surface area contributed by atoms with Crippen LogP contribution in [0.3, 0.4) is 0 Å². The summed E-state index contributed by atoms with van der Waals surface area (Å²) in [6.45, 7) is 6.38. The Morgan fingerprint density at radius 1 is 1.46 bits per heavy atom. The fraction of sp³-hybridized carbons (Fsp3) is 0.737. The molecular weight excluding hydrogens is 340 g/mol. The van der Waals surface area contributed by atoms with Crippen molar-refractivity contribution in [3.8, 4) is 0 Å². The van der Waals surface area contributed by atoms with Gasteiger partial charge in [0.1, 0.15) is 12.2 Å². The molecule has 0 aromatic heterocycles. The molecule has 1 heterocycles. The molecule has 0 aromatic carbocycles. The fourth-order valence-corrected chi connectivity index (χ4v) is 5.17. The van der Waals surface area contributed by atoms with E-state index in [9.17, 15) is 24.6 Å². The quantitative estimate of drug-likeness (QED) is 0.710. The molecule has 2 fully saturated rings. The van der Waals surface area contributed by atoms with Gasteiger partial charge in [-0.1, -0.05) is 13.0 Å². The van der Waals surface area contributed by atoms with Gasteiger partial charge in [-0.2, -0.15) is 0 Å². The van der Waals surface area contributed by atoms with Crippen LogP contribution < -0.4 is 0 Å². The van der Waals surface area contributed by atoms with Crippen molar-refractivity contribution in [2.24, 2.45) is 23.2 Å².